The van der Waals surface area contributed by atoms with Gasteiger partial charge in [-0.2, -0.15) is 0 Å². The molecule has 0 spiro atoms. The van der Waals surface area contributed by atoms with E-state index in [-0.39, 0.29) is 11.8 Å². The first kappa shape index (κ1) is 16.3. The fourth-order valence-corrected chi connectivity index (χ4v) is 3.16. The lowest BCUT2D eigenvalue weighted by Crippen LogP contribution is -2.38. The van der Waals surface area contributed by atoms with E-state index in [1.165, 1.54) is 0 Å². The number of halogens is 1. The molecule has 2 fully saturated rings. The zero-order chi connectivity index (χ0) is 16.2. The van der Waals surface area contributed by atoms with Crippen molar-refractivity contribution in [2.45, 2.75) is 32.1 Å². The Morgan fingerprint density at radius 1 is 1.00 bits per heavy atom. The Morgan fingerprint density at radius 3 is 2.35 bits per heavy atom. The molecule has 3 rings (SSSR count). The molecule has 1 aromatic rings. The predicted molar refractivity (Wildman–Crippen MR) is 90.3 cm³/mol. The van der Waals surface area contributed by atoms with Crippen molar-refractivity contribution in [1.82, 2.24) is 9.80 Å². The van der Waals surface area contributed by atoms with Crippen molar-refractivity contribution < 1.29 is 9.59 Å². The maximum absolute atomic E-state index is 12.4. The molecule has 0 radical (unpaired) electrons. The average molecular weight is 335 g/mol. The SMILES string of the molecule is O=C(CCc1ccc(Cl)cc1)N1CCCN(C(=O)C2CC2)CC1. The van der Waals surface area contributed by atoms with Crippen LogP contribution in [0.3, 0.4) is 0 Å². The van der Waals surface area contributed by atoms with Crippen molar-refractivity contribution >= 4 is 23.4 Å². The van der Waals surface area contributed by atoms with Crippen LogP contribution in [0.15, 0.2) is 24.3 Å². The minimum Gasteiger partial charge on any atom is -0.341 e. The number of benzene rings is 1. The lowest BCUT2D eigenvalue weighted by molar-refractivity contribution is -0.134. The lowest BCUT2D eigenvalue weighted by atomic mass is 10.1. The summed E-state index contributed by atoms with van der Waals surface area (Å²) in [5.41, 5.74) is 1.13. The van der Waals surface area contributed by atoms with Gasteiger partial charge in [0.05, 0.1) is 0 Å². The highest BCUT2D eigenvalue weighted by Crippen LogP contribution is 2.31. The van der Waals surface area contributed by atoms with Crippen LogP contribution >= 0.6 is 11.6 Å². The first-order valence-corrected chi connectivity index (χ1v) is 8.82. The van der Waals surface area contributed by atoms with Crippen LogP contribution < -0.4 is 0 Å². The maximum Gasteiger partial charge on any atom is 0.225 e. The lowest BCUT2D eigenvalue weighted by Gasteiger charge is -2.22. The van der Waals surface area contributed by atoms with Crippen molar-refractivity contribution in [3.63, 3.8) is 0 Å². The Labute approximate surface area is 142 Å². The molecule has 2 aliphatic rings. The summed E-state index contributed by atoms with van der Waals surface area (Å²) >= 11 is 5.87. The maximum atomic E-state index is 12.4. The van der Waals surface area contributed by atoms with E-state index < -0.39 is 0 Å². The van der Waals surface area contributed by atoms with Crippen LogP contribution in [-0.2, 0) is 16.0 Å². The molecule has 1 aliphatic carbocycles. The van der Waals surface area contributed by atoms with Crippen LogP contribution in [0.1, 0.15) is 31.2 Å². The van der Waals surface area contributed by atoms with Gasteiger partial charge >= 0.3 is 0 Å². The van der Waals surface area contributed by atoms with Gasteiger partial charge in [-0.25, -0.2) is 0 Å². The Morgan fingerprint density at radius 2 is 1.65 bits per heavy atom. The van der Waals surface area contributed by atoms with Gasteiger partial charge in [0.15, 0.2) is 0 Å². The summed E-state index contributed by atoms with van der Waals surface area (Å²) in [6.07, 6.45) is 4.21. The number of hydrogen-bond acceptors (Lipinski definition) is 2. The Bertz CT molecular complexity index is 569. The highest BCUT2D eigenvalue weighted by atomic mass is 35.5. The zero-order valence-electron chi connectivity index (χ0n) is 13.3. The summed E-state index contributed by atoms with van der Waals surface area (Å²) in [4.78, 5) is 28.4. The molecule has 124 valence electrons. The molecule has 4 nitrogen and oxygen atoms in total. The van der Waals surface area contributed by atoms with E-state index >= 15 is 0 Å². The summed E-state index contributed by atoms with van der Waals surface area (Å²) in [6, 6.07) is 7.64. The first-order valence-electron chi connectivity index (χ1n) is 8.44. The largest absolute Gasteiger partial charge is 0.341 e. The minimum absolute atomic E-state index is 0.181. The average Bonchev–Trinajstić information content (AvgIpc) is 3.39. The molecule has 1 saturated carbocycles. The third-order valence-corrected chi connectivity index (χ3v) is 4.88. The van der Waals surface area contributed by atoms with Crippen molar-refractivity contribution in [1.29, 1.82) is 0 Å². The standard InChI is InChI=1S/C18H23ClN2O2/c19-16-7-2-14(3-8-16)4-9-17(22)20-10-1-11-21(13-12-20)18(23)15-5-6-15/h2-3,7-8,15H,1,4-6,9-13H2. The Hall–Kier alpha value is -1.55. The number of rotatable bonds is 4. The summed E-state index contributed by atoms with van der Waals surface area (Å²) in [6.45, 7) is 2.89. The fourth-order valence-electron chi connectivity index (χ4n) is 3.04. The molecular weight excluding hydrogens is 312 g/mol. The molecule has 1 aromatic carbocycles. The van der Waals surface area contributed by atoms with Gasteiger partial charge in [-0.05, 0) is 43.4 Å². The zero-order valence-corrected chi connectivity index (χ0v) is 14.1. The van der Waals surface area contributed by atoms with Crippen molar-refractivity contribution in [3.8, 4) is 0 Å². The number of amides is 2. The molecule has 2 amide bonds. The second-order valence-corrected chi connectivity index (χ2v) is 6.90. The van der Waals surface area contributed by atoms with E-state index in [0.717, 1.165) is 44.3 Å². The molecule has 5 heteroatoms. The van der Waals surface area contributed by atoms with Crippen molar-refractivity contribution in [2.75, 3.05) is 26.2 Å². The van der Waals surface area contributed by atoms with Crippen LogP contribution in [0.2, 0.25) is 5.02 Å². The van der Waals surface area contributed by atoms with Gasteiger partial charge in [0.1, 0.15) is 0 Å². The summed E-state index contributed by atoms with van der Waals surface area (Å²) < 4.78 is 0. The molecule has 0 unspecified atom stereocenters. The molecule has 1 heterocycles. The third kappa shape index (κ3) is 4.47. The van der Waals surface area contributed by atoms with Crippen molar-refractivity contribution in [3.05, 3.63) is 34.9 Å². The van der Waals surface area contributed by atoms with Gasteiger partial charge in [0.25, 0.3) is 0 Å². The highest BCUT2D eigenvalue weighted by molar-refractivity contribution is 6.30. The predicted octanol–water partition coefficient (Wildman–Crippen LogP) is 2.74. The van der Waals surface area contributed by atoms with Gasteiger partial charge in [-0.1, -0.05) is 23.7 Å². The van der Waals surface area contributed by atoms with Gasteiger partial charge in [0, 0.05) is 43.5 Å². The minimum atomic E-state index is 0.181. The molecule has 23 heavy (non-hydrogen) atoms. The Balaban J connectivity index is 1.47. The summed E-state index contributed by atoms with van der Waals surface area (Å²) in [7, 11) is 0. The van der Waals surface area contributed by atoms with Gasteiger partial charge in [0.2, 0.25) is 11.8 Å². The molecule has 0 aromatic heterocycles. The van der Waals surface area contributed by atoms with Crippen LogP contribution in [0, 0.1) is 5.92 Å². The molecule has 0 bridgehead atoms. The van der Waals surface area contributed by atoms with E-state index in [4.69, 9.17) is 11.6 Å². The van der Waals surface area contributed by atoms with E-state index in [1.54, 1.807) is 0 Å². The van der Waals surface area contributed by atoms with Crippen molar-refractivity contribution in [2.24, 2.45) is 5.92 Å². The van der Waals surface area contributed by atoms with E-state index in [0.29, 0.717) is 30.4 Å². The van der Waals surface area contributed by atoms with Gasteiger partial charge in [-0.3, -0.25) is 9.59 Å². The van der Waals surface area contributed by atoms with Crippen LogP contribution in [0.4, 0.5) is 0 Å². The number of carbonyl (C=O) groups is 2. The van der Waals surface area contributed by atoms with Gasteiger partial charge in [-0.15, -0.1) is 0 Å². The molecule has 0 N–H and O–H groups in total. The Kier molecular flexibility index (Phi) is 5.21. The molecule has 1 saturated heterocycles. The summed E-state index contributed by atoms with van der Waals surface area (Å²) in [5, 5.41) is 0.716. The monoisotopic (exact) mass is 334 g/mol. The van der Waals surface area contributed by atoms with E-state index in [1.807, 2.05) is 34.1 Å². The van der Waals surface area contributed by atoms with Crippen LogP contribution in [0.5, 0.6) is 0 Å². The second-order valence-electron chi connectivity index (χ2n) is 6.46. The van der Waals surface area contributed by atoms with Gasteiger partial charge < -0.3 is 9.80 Å². The quantitative estimate of drug-likeness (QED) is 0.849. The molecular formula is C18H23ClN2O2. The summed E-state index contributed by atoms with van der Waals surface area (Å²) in [5.74, 6) is 0.739. The number of aryl methyl sites for hydroxylation is 1. The molecule has 1 aliphatic heterocycles. The normalized spacial score (nSPS) is 18.7. The first-order chi connectivity index (χ1) is 11.1. The second kappa shape index (κ2) is 7.35. The van der Waals surface area contributed by atoms with E-state index in [9.17, 15) is 9.59 Å². The topological polar surface area (TPSA) is 40.6 Å². The number of carbonyl (C=O) groups excluding carboxylic acids is 2. The van der Waals surface area contributed by atoms with E-state index in [2.05, 4.69) is 0 Å². The molecule has 0 atom stereocenters. The fraction of sp³-hybridized carbons (Fsp3) is 0.556. The smallest absolute Gasteiger partial charge is 0.225 e. The number of nitrogens with zero attached hydrogens (tertiary/aromatic N) is 2. The van der Waals surface area contributed by atoms with Crippen LogP contribution in [-0.4, -0.2) is 47.8 Å². The number of hydrogen-bond donors (Lipinski definition) is 0. The third-order valence-electron chi connectivity index (χ3n) is 4.63. The highest BCUT2D eigenvalue weighted by Gasteiger charge is 2.34. The van der Waals surface area contributed by atoms with Crippen LogP contribution in [0.25, 0.3) is 0 Å².